The second-order valence-corrected chi connectivity index (χ2v) is 5.75. The first-order valence-electron chi connectivity index (χ1n) is 8.83. The second kappa shape index (κ2) is 9.16. The van der Waals surface area contributed by atoms with Crippen LogP contribution in [0.5, 0.6) is 23.0 Å². The van der Waals surface area contributed by atoms with E-state index in [-0.39, 0.29) is 5.91 Å². The van der Waals surface area contributed by atoms with Gasteiger partial charge in [-0.15, -0.1) is 0 Å². The number of para-hydroxylation sites is 1. The van der Waals surface area contributed by atoms with Crippen molar-refractivity contribution in [1.29, 1.82) is 0 Å². The van der Waals surface area contributed by atoms with Crippen LogP contribution in [0.3, 0.4) is 0 Å². The van der Waals surface area contributed by atoms with Crippen LogP contribution < -0.4 is 18.9 Å². The minimum absolute atomic E-state index is 0.111. The molecule has 6 nitrogen and oxygen atoms in total. The summed E-state index contributed by atoms with van der Waals surface area (Å²) in [5.74, 6) is 1.81. The maximum atomic E-state index is 13.3. The summed E-state index contributed by atoms with van der Waals surface area (Å²) in [6, 6.07) is 9.20. The average molecular weight is 373 g/mol. The van der Waals surface area contributed by atoms with Gasteiger partial charge in [0, 0.05) is 24.2 Å². The van der Waals surface area contributed by atoms with E-state index in [1.807, 2.05) is 38.1 Å². The number of carbonyl (C=O) groups is 1. The van der Waals surface area contributed by atoms with Crippen molar-refractivity contribution in [2.24, 2.45) is 0 Å². The number of nitrogens with zero attached hydrogens (tertiary/aromatic N) is 1. The number of ether oxygens (including phenoxy) is 4. The van der Waals surface area contributed by atoms with Gasteiger partial charge in [-0.1, -0.05) is 18.2 Å². The fourth-order valence-corrected chi connectivity index (χ4v) is 3.12. The molecule has 0 aliphatic carbocycles. The molecule has 27 heavy (non-hydrogen) atoms. The Bertz CT molecular complexity index is 799. The highest BCUT2D eigenvalue weighted by Gasteiger charge is 2.28. The molecule has 1 amide bonds. The molecule has 0 saturated heterocycles. The summed E-state index contributed by atoms with van der Waals surface area (Å²) in [4.78, 5) is 15.0. The lowest BCUT2D eigenvalue weighted by molar-refractivity contribution is 0.0773. The van der Waals surface area contributed by atoms with Gasteiger partial charge in [-0.2, -0.15) is 0 Å². The van der Waals surface area contributed by atoms with Crippen LogP contribution in [-0.2, 0) is 0 Å². The van der Waals surface area contributed by atoms with Crippen LogP contribution in [0, 0.1) is 0 Å². The molecule has 2 rings (SSSR count). The van der Waals surface area contributed by atoms with E-state index >= 15 is 0 Å². The van der Waals surface area contributed by atoms with Crippen molar-refractivity contribution in [2.45, 2.75) is 13.8 Å². The van der Waals surface area contributed by atoms with Gasteiger partial charge in [0.25, 0.3) is 5.91 Å². The van der Waals surface area contributed by atoms with Gasteiger partial charge < -0.3 is 23.8 Å². The van der Waals surface area contributed by atoms with Crippen molar-refractivity contribution >= 4 is 5.91 Å². The Morgan fingerprint density at radius 2 is 1.44 bits per heavy atom. The van der Waals surface area contributed by atoms with Crippen LogP contribution >= 0.6 is 0 Å². The van der Waals surface area contributed by atoms with E-state index < -0.39 is 0 Å². The monoisotopic (exact) mass is 373 g/mol. The highest BCUT2D eigenvalue weighted by Crippen LogP contribution is 2.49. The average Bonchev–Trinajstić information content (AvgIpc) is 2.72. The van der Waals surface area contributed by atoms with Gasteiger partial charge in [-0.05, 0) is 26.0 Å². The van der Waals surface area contributed by atoms with Crippen LogP contribution in [0.25, 0.3) is 11.1 Å². The Balaban J connectivity index is 2.91. The summed E-state index contributed by atoms with van der Waals surface area (Å²) in [5, 5.41) is 0. The third-order valence-corrected chi connectivity index (χ3v) is 4.49. The number of hydrogen-bond donors (Lipinski definition) is 0. The maximum Gasteiger partial charge on any atom is 0.254 e. The Morgan fingerprint density at radius 3 is 1.96 bits per heavy atom. The van der Waals surface area contributed by atoms with Crippen molar-refractivity contribution in [2.75, 3.05) is 41.5 Å². The molecule has 0 aliphatic heterocycles. The Hall–Kier alpha value is -2.89. The first kappa shape index (κ1) is 20.4. The Morgan fingerprint density at radius 1 is 0.852 bits per heavy atom. The van der Waals surface area contributed by atoms with Crippen molar-refractivity contribution < 1.29 is 23.7 Å². The van der Waals surface area contributed by atoms with Crippen molar-refractivity contribution in [3.05, 3.63) is 35.9 Å². The number of rotatable bonds is 8. The molecule has 0 unspecified atom stereocenters. The molecular formula is C21H27NO5. The van der Waals surface area contributed by atoms with Gasteiger partial charge in [-0.25, -0.2) is 0 Å². The van der Waals surface area contributed by atoms with E-state index in [1.54, 1.807) is 25.2 Å². The van der Waals surface area contributed by atoms with Crippen LogP contribution in [-0.4, -0.2) is 52.3 Å². The molecule has 146 valence electrons. The van der Waals surface area contributed by atoms with E-state index in [0.717, 1.165) is 5.56 Å². The number of carbonyl (C=O) groups excluding carboxylic acids is 1. The molecule has 0 bridgehead atoms. The zero-order valence-electron chi connectivity index (χ0n) is 16.8. The molecule has 0 heterocycles. The fourth-order valence-electron chi connectivity index (χ4n) is 3.12. The molecule has 0 saturated carbocycles. The quantitative estimate of drug-likeness (QED) is 0.703. The minimum Gasteiger partial charge on any atom is -0.496 e. The molecule has 2 aromatic carbocycles. The highest BCUT2D eigenvalue weighted by atomic mass is 16.5. The zero-order chi connectivity index (χ0) is 20.0. The smallest absolute Gasteiger partial charge is 0.254 e. The first-order valence-corrected chi connectivity index (χ1v) is 8.83. The SMILES string of the molecule is CCN(CC)C(=O)c1cc(OC)c(OC)c(OC)c1-c1ccccc1OC. The first-order chi connectivity index (χ1) is 13.1. The molecule has 0 fully saturated rings. The molecule has 0 spiro atoms. The standard InChI is InChI=1S/C21H27NO5/c1-7-22(8-2)21(23)15-13-17(25-4)19(26-5)20(27-6)18(15)14-11-9-10-12-16(14)24-3/h9-13H,7-8H2,1-6H3. The molecule has 0 aliphatic rings. The topological polar surface area (TPSA) is 57.2 Å². The molecule has 0 atom stereocenters. The lowest BCUT2D eigenvalue weighted by atomic mass is 9.95. The number of amides is 1. The largest absolute Gasteiger partial charge is 0.496 e. The summed E-state index contributed by atoms with van der Waals surface area (Å²) in [6.45, 7) is 5.08. The fraction of sp³-hybridized carbons (Fsp3) is 0.381. The molecule has 2 aromatic rings. The number of hydrogen-bond acceptors (Lipinski definition) is 5. The number of benzene rings is 2. The van der Waals surface area contributed by atoms with Gasteiger partial charge in [0.2, 0.25) is 5.75 Å². The number of methoxy groups -OCH3 is 4. The van der Waals surface area contributed by atoms with Crippen LogP contribution in [0.2, 0.25) is 0 Å². The normalized spacial score (nSPS) is 10.3. The lowest BCUT2D eigenvalue weighted by Crippen LogP contribution is -2.31. The predicted molar refractivity (Wildman–Crippen MR) is 105 cm³/mol. The zero-order valence-corrected chi connectivity index (χ0v) is 16.8. The summed E-state index contributed by atoms with van der Waals surface area (Å²) < 4.78 is 22.2. The summed E-state index contributed by atoms with van der Waals surface area (Å²) >= 11 is 0. The Kier molecular flexibility index (Phi) is 6.93. The summed E-state index contributed by atoms with van der Waals surface area (Å²) in [7, 11) is 6.21. The third kappa shape index (κ3) is 3.79. The van der Waals surface area contributed by atoms with Gasteiger partial charge in [0.15, 0.2) is 11.5 Å². The third-order valence-electron chi connectivity index (χ3n) is 4.49. The van der Waals surface area contributed by atoms with Crippen LogP contribution in [0.15, 0.2) is 30.3 Å². The van der Waals surface area contributed by atoms with Crippen LogP contribution in [0.1, 0.15) is 24.2 Å². The van der Waals surface area contributed by atoms with Gasteiger partial charge >= 0.3 is 0 Å². The highest BCUT2D eigenvalue weighted by molar-refractivity contribution is 6.04. The molecule has 6 heteroatoms. The molecular weight excluding hydrogens is 346 g/mol. The van der Waals surface area contributed by atoms with Crippen molar-refractivity contribution in [3.8, 4) is 34.1 Å². The molecule has 0 N–H and O–H groups in total. The van der Waals surface area contributed by atoms with Gasteiger partial charge in [0.05, 0.1) is 34.0 Å². The second-order valence-electron chi connectivity index (χ2n) is 5.75. The van der Waals surface area contributed by atoms with Gasteiger partial charge in [-0.3, -0.25) is 4.79 Å². The molecule has 0 radical (unpaired) electrons. The van der Waals surface area contributed by atoms with E-state index in [0.29, 0.717) is 47.2 Å². The van der Waals surface area contributed by atoms with E-state index in [9.17, 15) is 4.79 Å². The summed E-state index contributed by atoms with van der Waals surface area (Å²) in [5.41, 5.74) is 1.83. The predicted octanol–water partition coefficient (Wildman–Crippen LogP) is 3.87. The molecule has 0 aromatic heterocycles. The summed E-state index contributed by atoms with van der Waals surface area (Å²) in [6.07, 6.45) is 0. The van der Waals surface area contributed by atoms with Crippen LogP contribution in [0.4, 0.5) is 0 Å². The lowest BCUT2D eigenvalue weighted by Gasteiger charge is -2.24. The van der Waals surface area contributed by atoms with Crippen molar-refractivity contribution in [1.82, 2.24) is 4.90 Å². The van der Waals surface area contributed by atoms with Crippen molar-refractivity contribution in [3.63, 3.8) is 0 Å². The van der Waals surface area contributed by atoms with Gasteiger partial charge in [0.1, 0.15) is 5.75 Å². The van der Waals surface area contributed by atoms with E-state index in [4.69, 9.17) is 18.9 Å². The minimum atomic E-state index is -0.111. The maximum absolute atomic E-state index is 13.3. The van der Waals surface area contributed by atoms with E-state index in [2.05, 4.69) is 0 Å². The van der Waals surface area contributed by atoms with E-state index in [1.165, 1.54) is 14.2 Å². The Labute approximate surface area is 160 Å².